The molecule has 260 valence electrons. The van der Waals surface area contributed by atoms with Crippen molar-refractivity contribution in [3.8, 4) is 5.69 Å². The molecular weight excluding hydrogens is 649 g/mol. The summed E-state index contributed by atoms with van der Waals surface area (Å²) in [5, 5.41) is 14.3. The zero-order valence-corrected chi connectivity index (χ0v) is 29.9. The van der Waals surface area contributed by atoms with Crippen molar-refractivity contribution in [3.63, 3.8) is 0 Å². The summed E-state index contributed by atoms with van der Waals surface area (Å²) in [4.78, 5) is 0. The highest BCUT2D eigenvalue weighted by atomic mass is 15.5. The highest BCUT2D eigenvalue weighted by Crippen LogP contribution is 2.45. The van der Waals surface area contributed by atoms with Crippen molar-refractivity contribution in [2.75, 3.05) is 0 Å². The van der Waals surface area contributed by atoms with Crippen LogP contribution in [-0.2, 0) is 0 Å². The molecule has 3 heterocycles. The molecule has 0 saturated heterocycles. The van der Waals surface area contributed by atoms with E-state index in [2.05, 4.69) is 178 Å². The average Bonchev–Trinajstić information content (AvgIpc) is 3.85. The second kappa shape index (κ2) is 13.0. The molecule has 3 N–H and O–H groups in total. The Labute approximate surface area is 309 Å². The van der Waals surface area contributed by atoms with E-state index in [9.17, 15) is 5.41 Å². The lowest BCUT2D eigenvalue weighted by Gasteiger charge is -2.39. The van der Waals surface area contributed by atoms with Crippen LogP contribution in [0, 0.1) is 11.3 Å². The summed E-state index contributed by atoms with van der Waals surface area (Å²) < 4.78 is 6.93. The van der Waals surface area contributed by atoms with E-state index < -0.39 is 5.54 Å². The molecule has 6 nitrogen and oxygen atoms in total. The third-order valence-electron chi connectivity index (χ3n) is 11.1. The molecule has 0 saturated carbocycles. The van der Waals surface area contributed by atoms with Gasteiger partial charge in [0.15, 0.2) is 0 Å². The number of para-hydroxylation sites is 3. The first-order valence-electron chi connectivity index (χ1n) is 18.4. The molecule has 4 aromatic carbocycles. The van der Waals surface area contributed by atoms with Crippen LogP contribution in [0.25, 0.3) is 66.0 Å². The van der Waals surface area contributed by atoms with Crippen LogP contribution in [0.2, 0.25) is 0 Å². The summed E-state index contributed by atoms with van der Waals surface area (Å²) in [7, 11) is 0. The van der Waals surface area contributed by atoms with E-state index in [0.29, 0.717) is 0 Å². The molecule has 0 amide bonds. The molecule has 2 aliphatic rings. The van der Waals surface area contributed by atoms with Gasteiger partial charge in [0, 0.05) is 38.8 Å². The van der Waals surface area contributed by atoms with Gasteiger partial charge in [-0.1, -0.05) is 129 Å². The number of allylic oxidation sites excluding steroid dienone is 9. The Morgan fingerprint density at radius 3 is 2.21 bits per heavy atom. The van der Waals surface area contributed by atoms with Gasteiger partial charge in [0.25, 0.3) is 0 Å². The number of nitrogens with zero attached hydrogens (tertiary/aromatic N) is 3. The van der Waals surface area contributed by atoms with Crippen molar-refractivity contribution in [1.82, 2.24) is 24.6 Å². The standard InChI is InChI=1S/C47H42N6/c1-4-19-32(5-2)47(3,33-20-9-6-10-21-33)50-49-46(48)53-40-28-17-15-26-36(40)37-30-31-39-44-43(52(45(39)42(37)53)35-24-13-8-14-25-35)38-27-16-18-29-41(38)51(44)34-22-11-7-12-23-34/h4-6,8-11,13-20,22-31,33,50H,1-2,7,12,21H2,3H3,(H2,48,49)/b32-19+. The molecular formula is C47H42N6. The van der Waals surface area contributed by atoms with Gasteiger partial charge in [-0.3, -0.25) is 15.4 Å². The van der Waals surface area contributed by atoms with E-state index in [1.54, 1.807) is 6.08 Å². The van der Waals surface area contributed by atoms with Crippen molar-refractivity contribution < 1.29 is 0 Å². The Kier molecular flexibility index (Phi) is 7.98. The summed E-state index contributed by atoms with van der Waals surface area (Å²) in [5.74, 6) is 0.345. The summed E-state index contributed by atoms with van der Waals surface area (Å²) in [6.07, 6.45) is 24.1. The first-order chi connectivity index (χ1) is 26.0. The number of hydrogen-bond acceptors (Lipinski definition) is 2. The van der Waals surface area contributed by atoms with Crippen LogP contribution in [0.15, 0.2) is 170 Å². The van der Waals surface area contributed by atoms with Crippen molar-refractivity contribution in [2.24, 2.45) is 5.92 Å². The molecule has 0 radical (unpaired) electrons. The third kappa shape index (κ3) is 5.01. The highest BCUT2D eigenvalue weighted by Gasteiger charge is 2.36. The van der Waals surface area contributed by atoms with Gasteiger partial charge in [-0.25, -0.2) is 5.43 Å². The highest BCUT2D eigenvalue weighted by molar-refractivity contribution is 6.28. The van der Waals surface area contributed by atoms with Crippen LogP contribution in [-0.4, -0.2) is 25.2 Å². The van der Waals surface area contributed by atoms with Crippen LogP contribution in [0.4, 0.5) is 0 Å². The minimum atomic E-state index is -0.589. The van der Waals surface area contributed by atoms with E-state index in [1.807, 2.05) is 12.2 Å². The Morgan fingerprint density at radius 1 is 0.755 bits per heavy atom. The van der Waals surface area contributed by atoms with Gasteiger partial charge in [-0.15, -0.1) is 0 Å². The molecule has 2 atom stereocenters. The molecule has 2 aliphatic carbocycles. The third-order valence-corrected chi connectivity index (χ3v) is 11.1. The molecule has 0 fully saturated rings. The molecule has 0 bridgehead atoms. The second-order valence-electron chi connectivity index (χ2n) is 14.1. The molecule has 2 unspecified atom stereocenters. The molecule has 0 spiro atoms. The number of aromatic nitrogens is 3. The fourth-order valence-corrected chi connectivity index (χ4v) is 8.58. The van der Waals surface area contributed by atoms with Gasteiger partial charge in [-0.05, 0) is 68.2 Å². The number of nitrogens with one attached hydrogen (secondary N) is 3. The van der Waals surface area contributed by atoms with E-state index in [0.717, 1.165) is 74.3 Å². The molecule has 6 heteroatoms. The smallest absolute Gasteiger partial charge is 0.215 e. The van der Waals surface area contributed by atoms with E-state index in [-0.39, 0.29) is 11.9 Å². The molecule has 7 aromatic rings. The Balaban J connectivity index is 1.34. The first-order valence-corrected chi connectivity index (χ1v) is 18.4. The van der Waals surface area contributed by atoms with Crippen LogP contribution < -0.4 is 10.9 Å². The van der Waals surface area contributed by atoms with Crippen molar-refractivity contribution in [3.05, 3.63) is 170 Å². The number of benzene rings is 4. The number of fused-ring (bicyclic) bond motifs is 9. The molecule has 3 aromatic heterocycles. The SMILES string of the molecule is C=C/C=C(\C=C)C(C)(NNC(=N)n1c2ccccc2c2ccc3c4c(c5ccccc5n4C4=CCCC=C4)n(-c4ccccc4)c3c21)C1C=CC=CC1. The summed E-state index contributed by atoms with van der Waals surface area (Å²) in [6.45, 7) is 10.3. The van der Waals surface area contributed by atoms with Crippen molar-refractivity contribution >= 4 is 66.3 Å². The average molecular weight is 691 g/mol. The fourth-order valence-electron chi connectivity index (χ4n) is 8.58. The summed E-state index contributed by atoms with van der Waals surface area (Å²) >= 11 is 0. The van der Waals surface area contributed by atoms with Gasteiger partial charge in [0.05, 0.1) is 38.6 Å². The molecule has 53 heavy (non-hydrogen) atoms. The predicted molar refractivity (Wildman–Crippen MR) is 225 cm³/mol. The topological polar surface area (TPSA) is 62.7 Å². The van der Waals surface area contributed by atoms with E-state index >= 15 is 0 Å². The molecule has 9 rings (SSSR count). The summed E-state index contributed by atoms with van der Waals surface area (Å²) in [5.41, 5.74) is 16.2. The summed E-state index contributed by atoms with van der Waals surface area (Å²) in [6, 6.07) is 32.3. The zero-order valence-electron chi connectivity index (χ0n) is 29.9. The van der Waals surface area contributed by atoms with E-state index in [4.69, 9.17) is 0 Å². The lowest BCUT2D eigenvalue weighted by molar-refractivity contribution is 0.307. The molecule has 0 aliphatic heterocycles. The van der Waals surface area contributed by atoms with Gasteiger partial charge < -0.3 is 9.13 Å². The van der Waals surface area contributed by atoms with Crippen LogP contribution in [0.5, 0.6) is 0 Å². The second-order valence-corrected chi connectivity index (χ2v) is 14.1. The van der Waals surface area contributed by atoms with Gasteiger partial charge in [0.1, 0.15) is 0 Å². The minimum Gasteiger partial charge on any atom is -0.307 e. The quantitative estimate of drug-likeness (QED) is 0.0643. The maximum absolute atomic E-state index is 9.85. The monoisotopic (exact) mass is 690 g/mol. The number of hydrazine groups is 1. The normalized spacial score (nSPS) is 17.2. The van der Waals surface area contributed by atoms with Gasteiger partial charge in [0.2, 0.25) is 5.96 Å². The minimum absolute atomic E-state index is 0.120. The van der Waals surface area contributed by atoms with E-state index in [1.165, 1.54) is 16.6 Å². The largest absolute Gasteiger partial charge is 0.307 e. The Morgan fingerprint density at radius 2 is 1.47 bits per heavy atom. The maximum atomic E-state index is 9.85. The van der Waals surface area contributed by atoms with Gasteiger partial charge >= 0.3 is 0 Å². The zero-order chi connectivity index (χ0) is 36.1. The Hall–Kier alpha value is -6.37. The van der Waals surface area contributed by atoms with Gasteiger partial charge in [-0.2, -0.15) is 0 Å². The Bertz CT molecular complexity index is 2780. The fraction of sp³-hybridized carbons (Fsp3) is 0.128. The van der Waals surface area contributed by atoms with Crippen molar-refractivity contribution in [2.45, 2.75) is 31.7 Å². The first kappa shape index (κ1) is 32.5. The van der Waals surface area contributed by atoms with Crippen molar-refractivity contribution in [1.29, 1.82) is 5.41 Å². The lowest BCUT2D eigenvalue weighted by Crippen LogP contribution is -2.58. The maximum Gasteiger partial charge on any atom is 0.215 e. The number of rotatable bonds is 8. The van der Waals surface area contributed by atoms with Crippen LogP contribution in [0.1, 0.15) is 26.2 Å². The van der Waals surface area contributed by atoms with Crippen LogP contribution in [0.3, 0.4) is 0 Å². The number of hydrogen-bond donors (Lipinski definition) is 3. The van der Waals surface area contributed by atoms with Crippen LogP contribution >= 0.6 is 0 Å². The predicted octanol–water partition coefficient (Wildman–Crippen LogP) is 11.1. The lowest BCUT2D eigenvalue weighted by atomic mass is 9.76.